The summed E-state index contributed by atoms with van der Waals surface area (Å²) in [7, 11) is -3.58. The van der Waals surface area contributed by atoms with Gasteiger partial charge in [-0.05, 0) is 44.2 Å². The van der Waals surface area contributed by atoms with Gasteiger partial charge in [-0.25, -0.2) is 13.1 Å². The maximum Gasteiger partial charge on any atom is 0.258 e. The Labute approximate surface area is 170 Å². The van der Waals surface area contributed by atoms with Crippen LogP contribution >= 0.6 is 0 Å². The van der Waals surface area contributed by atoms with Crippen LogP contribution in [0.5, 0.6) is 0 Å². The van der Waals surface area contributed by atoms with Gasteiger partial charge in [0.1, 0.15) is 0 Å². The standard InChI is InChI=1S/C21H23N3O4S/c1-14(2)23-29(27,28)17-10-8-16(9-11-17)22-20(25)12-13-24-15(3)18-6-4-5-7-19(18)21(24)26/h4-11,14,23H,3,12-13H2,1-2H3,(H,22,25). The first kappa shape index (κ1) is 20.8. The smallest absolute Gasteiger partial charge is 0.258 e. The van der Waals surface area contributed by atoms with Crippen molar-refractivity contribution >= 4 is 33.2 Å². The van der Waals surface area contributed by atoms with Gasteiger partial charge in [-0.2, -0.15) is 0 Å². The Hall–Kier alpha value is -2.97. The monoisotopic (exact) mass is 413 g/mol. The van der Waals surface area contributed by atoms with Gasteiger partial charge in [0.25, 0.3) is 5.91 Å². The molecular formula is C21H23N3O4S. The number of nitrogens with one attached hydrogen (secondary N) is 2. The van der Waals surface area contributed by atoms with Crippen LogP contribution in [0.4, 0.5) is 5.69 Å². The van der Waals surface area contributed by atoms with Gasteiger partial charge in [0.15, 0.2) is 0 Å². The van der Waals surface area contributed by atoms with E-state index in [1.54, 1.807) is 26.0 Å². The minimum absolute atomic E-state index is 0.0910. The molecule has 0 aromatic heterocycles. The van der Waals surface area contributed by atoms with E-state index < -0.39 is 10.0 Å². The fourth-order valence-electron chi connectivity index (χ4n) is 3.10. The molecule has 2 N–H and O–H groups in total. The van der Waals surface area contributed by atoms with Crippen LogP contribution in [0.15, 0.2) is 60.0 Å². The second kappa shape index (κ2) is 8.18. The number of sulfonamides is 1. The van der Waals surface area contributed by atoms with Gasteiger partial charge in [-0.15, -0.1) is 0 Å². The van der Waals surface area contributed by atoms with Crippen LogP contribution in [-0.4, -0.2) is 37.7 Å². The summed E-state index contributed by atoms with van der Waals surface area (Å²) in [6.45, 7) is 7.65. The molecule has 1 heterocycles. The van der Waals surface area contributed by atoms with Gasteiger partial charge in [-0.3, -0.25) is 9.59 Å². The number of benzene rings is 2. The maximum atomic E-state index is 12.5. The van der Waals surface area contributed by atoms with Crippen LogP contribution in [0.2, 0.25) is 0 Å². The molecule has 2 amide bonds. The van der Waals surface area contributed by atoms with Crippen molar-refractivity contribution in [3.05, 3.63) is 66.2 Å². The van der Waals surface area contributed by atoms with Crippen LogP contribution in [0, 0.1) is 0 Å². The third-order valence-electron chi connectivity index (χ3n) is 4.44. The van der Waals surface area contributed by atoms with Crippen LogP contribution in [-0.2, 0) is 14.8 Å². The number of amides is 2. The minimum Gasteiger partial charge on any atom is -0.326 e. The topological polar surface area (TPSA) is 95.6 Å². The molecule has 1 aliphatic rings. The zero-order valence-electron chi connectivity index (χ0n) is 16.3. The molecule has 0 spiro atoms. The van der Waals surface area contributed by atoms with Crippen molar-refractivity contribution in [2.45, 2.75) is 31.2 Å². The summed E-state index contributed by atoms with van der Waals surface area (Å²) < 4.78 is 26.8. The van der Waals surface area contributed by atoms with Crippen molar-refractivity contribution < 1.29 is 18.0 Å². The molecule has 3 rings (SSSR count). The van der Waals surface area contributed by atoms with E-state index in [9.17, 15) is 18.0 Å². The first-order valence-corrected chi connectivity index (χ1v) is 10.7. The second-order valence-corrected chi connectivity index (χ2v) is 8.76. The van der Waals surface area contributed by atoms with Crippen molar-refractivity contribution in [3.8, 4) is 0 Å². The number of carbonyl (C=O) groups excluding carboxylic acids is 2. The van der Waals surface area contributed by atoms with Crippen molar-refractivity contribution in [2.75, 3.05) is 11.9 Å². The summed E-state index contributed by atoms with van der Waals surface area (Å²) in [6.07, 6.45) is 0.0910. The predicted molar refractivity (Wildman–Crippen MR) is 112 cm³/mol. The number of rotatable bonds is 7. The van der Waals surface area contributed by atoms with Gasteiger partial charge in [0.2, 0.25) is 15.9 Å². The largest absolute Gasteiger partial charge is 0.326 e. The molecule has 0 bridgehead atoms. The van der Waals surface area contributed by atoms with Gasteiger partial charge >= 0.3 is 0 Å². The lowest BCUT2D eigenvalue weighted by atomic mass is 10.1. The molecule has 0 aliphatic carbocycles. The highest BCUT2D eigenvalue weighted by molar-refractivity contribution is 7.89. The average Bonchev–Trinajstić information content (AvgIpc) is 2.90. The van der Waals surface area contributed by atoms with Crippen LogP contribution < -0.4 is 10.0 Å². The van der Waals surface area contributed by atoms with E-state index in [1.807, 2.05) is 12.1 Å². The van der Waals surface area contributed by atoms with E-state index in [0.717, 1.165) is 5.56 Å². The van der Waals surface area contributed by atoms with Crippen molar-refractivity contribution in [2.24, 2.45) is 0 Å². The Morgan fingerprint density at radius 1 is 1.07 bits per heavy atom. The zero-order valence-corrected chi connectivity index (χ0v) is 17.1. The van der Waals surface area contributed by atoms with Gasteiger partial charge < -0.3 is 10.2 Å². The molecule has 152 valence electrons. The Kier molecular flexibility index (Phi) is 5.86. The predicted octanol–water partition coefficient (Wildman–Crippen LogP) is 2.83. The lowest BCUT2D eigenvalue weighted by molar-refractivity contribution is -0.116. The highest BCUT2D eigenvalue weighted by Gasteiger charge is 2.30. The molecule has 7 nitrogen and oxygen atoms in total. The van der Waals surface area contributed by atoms with Crippen molar-refractivity contribution in [1.82, 2.24) is 9.62 Å². The molecule has 0 saturated carbocycles. The summed E-state index contributed by atoms with van der Waals surface area (Å²) in [4.78, 5) is 26.4. The molecule has 0 unspecified atom stereocenters. The molecule has 0 saturated heterocycles. The van der Waals surface area contributed by atoms with Crippen LogP contribution in [0.3, 0.4) is 0 Å². The fourth-order valence-corrected chi connectivity index (χ4v) is 4.35. The molecule has 2 aromatic rings. The van der Waals surface area contributed by atoms with E-state index in [1.165, 1.54) is 29.2 Å². The summed E-state index contributed by atoms with van der Waals surface area (Å²) >= 11 is 0. The average molecular weight is 413 g/mol. The van der Waals surface area contributed by atoms with E-state index in [-0.39, 0.29) is 35.7 Å². The second-order valence-electron chi connectivity index (χ2n) is 7.05. The molecule has 0 fully saturated rings. The third-order valence-corrected chi connectivity index (χ3v) is 6.12. The minimum atomic E-state index is -3.58. The lowest BCUT2D eigenvalue weighted by Gasteiger charge is -2.17. The van der Waals surface area contributed by atoms with Gasteiger partial charge in [0.05, 0.1) is 4.90 Å². The van der Waals surface area contributed by atoms with Crippen LogP contribution in [0.25, 0.3) is 5.70 Å². The highest BCUT2D eigenvalue weighted by Crippen LogP contribution is 2.31. The fraction of sp³-hybridized carbons (Fsp3) is 0.238. The Balaban J connectivity index is 1.58. The number of nitrogens with zero attached hydrogens (tertiary/aromatic N) is 1. The van der Waals surface area contributed by atoms with Crippen molar-refractivity contribution in [1.29, 1.82) is 0 Å². The summed E-state index contributed by atoms with van der Waals surface area (Å²) in [6, 6.07) is 12.9. The number of anilines is 1. The molecule has 29 heavy (non-hydrogen) atoms. The van der Waals surface area contributed by atoms with E-state index in [4.69, 9.17) is 0 Å². The van der Waals surface area contributed by atoms with E-state index in [0.29, 0.717) is 16.9 Å². The van der Waals surface area contributed by atoms with E-state index in [2.05, 4.69) is 16.6 Å². The van der Waals surface area contributed by atoms with Gasteiger partial charge in [0, 0.05) is 41.5 Å². The number of fused-ring (bicyclic) bond motifs is 1. The summed E-state index contributed by atoms with van der Waals surface area (Å²) in [5.41, 5.74) is 2.44. The summed E-state index contributed by atoms with van der Waals surface area (Å²) in [5, 5.41) is 2.71. The SMILES string of the molecule is C=C1c2ccccc2C(=O)N1CCC(=O)Nc1ccc(S(=O)(=O)NC(C)C)cc1. The molecular weight excluding hydrogens is 390 g/mol. The molecule has 2 aromatic carbocycles. The molecule has 0 radical (unpaired) electrons. The molecule has 1 aliphatic heterocycles. The normalized spacial score (nSPS) is 13.7. The zero-order chi connectivity index (χ0) is 21.2. The van der Waals surface area contributed by atoms with E-state index >= 15 is 0 Å². The Morgan fingerprint density at radius 3 is 2.28 bits per heavy atom. The molecule has 0 atom stereocenters. The van der Waals surface area contributed by atoms with Crippen molar-refractivity contribution in [3.63, 3.8) is 0 Å². The van der Waals surface area contributed by atoms with Gasteiger partial charge in [-0.1, -0.05) is 24.8 Å². The number of hydrogen-bond donors (Lipinski definition) is 2. The third kappa shape index (κ3) is 4.55. The first-order valence-electron chi connectivity index (χ1n) is 9.21. The first-order chi connectivity index (χ1) is 13.7. The summed E-state index contributed by atoms with van der Waals surface area (Å²) in [5.74, 6) is -0.442. The lowest BCUT2D eigenvalue weighted by Crippen LogP contribution is -2.30. The Bertz CT molecular complexity index is 1020. The Morgan fingerprint density at radius 2 is 1.69 bits per heavy atom. The molecule has 8 heteroatoms. The highest BCUT2D eigenvalue weighted by atomic mass is 32.2. The maximum absolute atomic E-state index is 12.5. The number of hydrogen-bond acceptors (Lipinski definition) is 4. The quantitative estimate of drug-likeness (QED) is 0.730. The van der Waals surface area contributed by atoms with Crippen LogP contribution in [0.1, 0.15) is 36.2 Å². The number of carbonyl (C=O) groups is 2.